The van der Waals surface area contributed by atoms with E-state index < -0.39 is 16.1 Å². The molecule has 0 spiro atoms. The molecule has 0 N–H and O–H groups in total. The van der Waals surface area contributed by atoms with Gasteiger partial charge >= 0.3 is 0 Å². The SMILES string of the molecule is Cc1cccc2sc(N(CCN(C)C)C(=O)C3CCCN3S(=O)(=O)c3cccs3)nc12. The molecule has 4 rings (SSSR count). The van der Waals surface area contributed by atoms with Gasteiger partial charge in [-0.3, -0.25) is 9.69 Å². The number of hydrogen-bond acceptors (Lipinski definition) is 7. The fourth-order valence-corrected chi connectivity index (χ4v) is 7.62. The summed E-state index contributed by atoms with van der Waals surface area (Å²) in [6.07, 6.45) is 1.19. The lowest BCUT2D eigenvalue weighted by Crippen LogP contribution is -2.49. The number of hydrogen-bond donors (Lipinski definition) is 0. The molecule has 1 amide bonds. The van der Waals surface area contributed by atoms with Crippen LogP contribution in [0.15, 0.2) is 39.9 Å². The van der Waals surface area contributed by atoms with Crippen LogP contribution in [0.2, 0.25) is 0 Å². The van der Waals surface area contributed by atoms with Crippen LogP contribution in [0.4, 0.5) is 5.13 Å². The lowest BCUT2D eigenvalue weighted by Gasteiger charge is -2.29. The van der Waals surface area contributed by atoms with E-state index in [1.54, 1.807) is 22.4 Å². The maximum Gasteiger partial charge on any atom is 0.253 e. The number of thiazole rings is 1. The molecule has 1 atom stereocenters. The molecule has 1 aliphatic rings. The van der Waals surface area contributed by atoms with E-state index in [0.29, 0.717) is 37.6 Å². The number of fused-ring (bicyclic) bond motifs is 1. The number of rotatable bonds is 7. The largest absolute Gasteiger partial charge is 0.308 e. The Morgan fingerprint density at radius 1 is 1.23 bits per heavy atom. The molecule has 166 valence electrons. The topological polar surface area (TPSA) is 73.8 Å². The van der Waals surface area contributed by atoms with Crippen molar-refractivity contribution < 1.29 is 13.2 Å². The smallest absolute Gasteiger partial charge is 0.253 e. The molecule has 31 heavy (non-hydrogen) atoms. The first-order valence-corrected chi connectivity index (χ1v) is 13.3. The molecule has 1 fully saturated rings. The summed E-state index contributed by atoms with van der Waals surface area (Å²) in [6, 6.07) is 8.60. The molecule has 0 aliphatic carbocycles. The summed E-state index contributed by atoms with van der Waals surface area (Å²) in [6.45, 7) is 3.47. The van der Waals surface area contributed by atoms with E-state index in [1.165, 1.54) is 27.0 Å². The maximum atomic E-state index is 13.7. The number of amides is 1. The number of benzene rings is 1. The highest BCUT2D eigenvalue weighted by atomic mass is 32.2. The van der Waals surface area contributed by atoms with Crippen molar-refractivity contribution in [2.75, 3.05) is 38.6 Å². The van der Waals surface area contributed by atoms with E-state index in [4.69, 9.17) is 4.98 Å². The highest BCUT2D eigenvalue weighted by Crippen LogP contribution is 2.34. The van der Waals surface area contributed by atoms with Gasteiger partial charge in [0.15, 0.2) is 5.13 Å². The monoisotopic (exact) mass is 478 g/mol. The van der Waals surface area contributed by atoms with Crippen LogP contribution in [0.1, 0.15) is 18.4 Å². The van der Waals surface area contributed by atoms with Crippen LogP contribution in [0, 0.1) is 6.92 Å². The summed E-state index contributed by atoms with van der Waals surface area (Å²) in [5.74, 6) is -0.198. The standard InChI is InChI=1S/C21H26N4O3S3/c1-15-7-4-9-17-19(15)22-21(30-17)24(13-12-23(2)3)20(26)16-8-5-11-25(16)31(27,28)18-10-6-14-29-18/h4,6-7,9-10,14,16H,5,8,11-13H2,1-3H3. The lowest BCUT2D eigenvalue weighted by atomic mass is 10.2. The molecule has 3 aromatic rings. The van der Waals surface area contributed by atoms with Gasteiger partial charge < -0.3 is 4.90 Å². The number of nitrogens with zero attached hydrogens (tertiary/aromatic N) is 4. The van der Waals surface area contributed by atoms with E-state index >= 15 is 0 Å². The average molecular weight is 479 g/mol. The number of para-hydroxylation sites is 1. The fraction of sp³-hybridized carbons (Fsp3) is 0.429. The molecule has 0 saturated carbocycles. The van der Waals surface area contributed by atoms with Gasteiger partial charge in [0.25, 0.3) is 10.0 Å². The summed E-state index contributed by atoms with van der Waals surface area (Å²) in [7, 11) is 0.214. The van der Waals surface area contributed by atoms with Gasteiger partial charge in [0, 0.05) is 19.6 Å². The Morgan fingerprint density at radius 3 is 2.71 bits per heavy atom. The Balaban J connectivity index is 1.69. The number of thiophene rings is 1. The normalized spacial score (nSPS) is 17.6. The molecule has 1 saturated heterocycles. The number of sulfonamides is 1. The molecule has 1 aromatic carbocycles. The molecular weight excluding hydrogens is 452 g/mol. The van der Waals surface area contributed by atoms with Gasteiger partial charge in [-0.2, -0.15) is 4.31 Å². The summed E-state index contributed by atoms with van der Waals surface area (Å²) < 4.78 is 29.0. The van der Waals surface area contributed by atoms with E-state index in [-0.39, 0.29) is 10.1 Å². The second kappa shape index (κ2) is 8.95. The molecule has 10 heteroatoms. The maximum absolute atomic E-state index is 13.7. The quantitative estimate of drug-likeness (QED) is 0.520. The molecule has 7 nitrogen and oxygen atoms in total. The summed E-state index contributed by atoms with van der Waals surface area (Å²) in [5, 5.41) is 2.36. The Bertz CT molecular complexity index is 1170. The molecular formula is C21H26N4O3S3. The minimum absolute atomic E-state index is 0.198. The van der Waals surface area contributed by atoms with Crippen LogP contribution in [0.5, 0.6) is 0 Å². The van der Waals surface area contributed by atoms with Crippen molar-refractivity contribution in [3.05, 3.63) is 41.3 Å². The molecule has 1 aliphatic heterocycles. The Labute approximate surface area is 191 Å². The average Bonchev–Trinajstić information content (AvgIpc) is 3.47. The Hall–Kier alpha value is -1.85. The minimum Gasteiger partial charge on any atom is -0.308 e. The van der Waals surface area contributed by atoms with Crippen molar-refractivity contribution in [3.8, 4) is 0 Å². The molecule has 3 heterocycles. The molecule has 2 aromatic heterocycles. The second-order valence-electron chi connectivity index (χ2n) is 7.92. The predicted molar refractivity (Wildman–Crippen MR) is 126 cm³/mol. The first kappa shape index (κ1) is 22.3. The zero-order valence-electron chi connectivity index (χ0n) is 17.8. The van der Waals surface area contributed by atoms with E-state index in [0.717, 1.165) is 15.8 Å². The highest BCUT2D eigenvalue weighted by molar-refractivity contribution is 7.91. The third-order valence-corrected chi connectivity index (χ3v) is 9.75. The summed E-state index contributed by atoms with van der Waals surface area (Å²) in [5.41, 5.74) is 1.95. The van der Waals surface area contributed by atoms with Crippen LogP contribution in [0.25, 0.3) is 10.2 Å². The van der Waals surface area contributed by atoms with Crippen molar-refractivity contribution in [1.82, 2.24) is 14.2 Å². The molecule has 1 unspecified atom stereocenters. The summed E-state index contributed by atoms with van der Waals surface area (Å²) >= 11 is 2.66. The zero-order chi connectivity index (χ0) is 22.2. The van der Waals surface area contributed by atoms with E-state index in [1.807, 2.05) is 44.1 Å². The number of carbonyl (C=O) groups excluding carboxylic acids is 1. The van der Waals surface area contributed by atoms with E-state index in [2.05, 4.69) is 0 Å². The Kier molecular flexibility index (Phi) is 6.45. The van der Waals surface area contributed by atoms with Gasteiger partial charge in [0.1, 0.15) is 10.3 Å². The summed E-state index contributed by atoms with van der Waals surface area (Å²) in [4.78, 5) is 22.2. The van der Waals surface area contributed by atoms with E-state index in [9.17, 15) is 13.2 Å². The van der Waals surface area contributed by atoms with Crippen molar-refractivity contribution >= 4 is 54.0 Å². The van der Waals surface area contributed by atoms with Crippen molar-refractivity contribution in [3.63, 3.8) is 0 Å². The number of carbonyl (C=O) groups is 1. The van der Waals surface area contributed by atoms with Crippen LogP contribution >= 0.6 is 22.7 Å². The van der Waals surface area contributed by atoms with Gasteiger partial charge in [-0.25, -0.2) is 13.4 Å². The fourth-order valence-electron chi connectivity index (χ4n) is 3.77. The third-order valence-electron chi connectivity index (χ3n) is 5.42. The van der Waals surface area contributed by atoms with Gasteiger partial charge in [-0.05, 0) is 56.9 Å². The second-order valence-corrected chi connectivity index (χ2v) is 12.0. The Morgan fingerprint density at radius 2 is 2.03 bits per heavy atom. The third kappa shape index (κ3) is 4.40. The van der Waals surface area contributed by atoms with Gasteiger partial charge in [0.05, 0.1) is 10.2 Å². The van der Waals surface area contributed by atoms with Crippen LogP contribution in [-0.2, 0) is 14.8 Å². The van der Waals surface area contributed by atoms with Gasteiger partial charge in [-0.1, -0.05) is 29.5 Å². The first-order chi connectivity index (χ1) is 14.8. The number of anilines is 1. The minimum atomic E-state index is -3.69. The van der Waals surface area contributed by atoms with Gasteiger partial charge in [-0.15, -0.1) is 11.3 Å². The first-order valence-electron chi connectivity index (χ1n) is 10.2. The molecule has 0 radical (unpaired) electrons. The number of likely N-dealkylation sites (N-methyl/N-ethyl adjacent to an activating group) is 1. The van der Waals surface area contributed by atoms with Crippen molar-refractivity contribution in [1.29, 1.82) is 0 Å². The number of aryl methyl sites for hydroxylation is 1. The van der Waals surface area contributed by atoms with Crippen molar-refractivity contribution in [2.45, 2.75) is 30.0 Å². The van der Waals surface area contributed by atoms with Crippen LogP contribution < -0.4 is 4.90 Å². The lowest BCUT2D eigenvalue weighted by molar-refractivity contribution is -0.121. The van der Waals surface area contributed by atoms with Crippen LogP contribution in [-0.4, -0.2) is 68.3 Å². The highest BCUT2D eigenvalue weighted by Gasteiger charge is 2.42. The van der Waals surface area contributed by atoms with Crippen molar-refractivity contribution in [2.24, 2.45) is 0 Å². The molecule has 0 bridgehead atoms. The van der Waals surface area contributed by atoms with Crippen LogP contribution in [0.3, 0.4) is 0 Å². The zero-order valence-corrected chi connectivity index (χ0v) is 20.3. The van der Waals surface area contributed by atoms with Gasteiger partial charge in [0.2, 0.25) is 5.91 Å². The predicted octanol–water partition coefficient (Wildman–Crippen LogP) is 3.41. The number of aromatic nitrogens is 1.